The van der Waals surface area contributed by atoms with Crippen molar-refractivity contribution in [1.82, 2.24) is 0 Å². The van der Waals surface area contributed by atoms with Gasteiger partial charge in [-0.25, -0.2) is 16.8 Å². The molecule has 0 heterocycles. The molecule has 4 nitrogen and oxygen atoms in total. The molecule has 1 aliphatic rings. The third-order valence-corrected chi connectivity index (χ3v) is 9.28. The highest BCUT2D eigenvalue weighted by Gasteiger charge is 2.69. The van der Waals surface area contributed by atoms with Gasteiger partial charge >= 0.3 is 0 Å². The molecule has 27 heavy (non-hydrogen) atoms. The average Bonchev–Trinajstić information content (AvgIpc) is 3.39. The quantitative estimate of drug-likeness (QED) is 0.734. The van der Waals surface area contributed by atoms with Crippen LogP contribution in [0.2, 0.25) is 0 Å². The zero-order valence-electron chi connectivity index (χ0n) is 15.5. The molecule has 1 aliphatic carbocycles. The third kappa shape index (κ3) is 3.54. The van der Waals surface area contributed by atoms with Crippen LogP contribution in [-0.4, -0.2) is 26.8 Å². The molecule has 0 amide bonds. The van der Waals surface area contributed by atoms with E-state index in [4.69, 9.17) is 0 Å². The summed E-state index contributed by atoms with van der Waals surface area (Å²) in [6, 6.07) is 15.9. The van der Waals surface area contributed by atoms with Gasteiger partial charge in [0.25, 0.3) is 0 Å². The van der Waals surface area contributed by atoms with Crippen LogP contribution in [0.4, 0.5) is 0 Å². The zero-order chi connectivity index (χ0) is 19.9. The molecule has 0 saturated heterocycles. The van der Waals surface area contributed by atoms with Gasteiger partial charge in [0, 0.05) is 5.41 Å². The summed E-state index contributed by atoms with van der Waals surface area (Å²) in [6.07, 6.45) is -0.0233. The Morgan fingerprint density at radius 3 is 1.81 bits per heavy atom. The molecule has 142 valence electrons. The third-order valence-electron chi connectivity index (χ3n) is 4.48. The maximum absolute atomic E-state index is 13.4. The van der Waals surface area contributed by atoms with Crippen molar-refractivity contribution in [1.29, 1.82) is 0 Å². The molecule has 0 radical (unpaired) electrons. The Morgan fingerprint density at radius 2 is 1.33 bits per heavy atom. The monoisotopic (exact) mass is 402 g/mol. The Balaban J connectivity index is 2.15. The van der Waals surface area contributed by atoms with Crippen LogP contribution in [0.15, 0.2) is 70.5 Å². The van der Waals surface area contributed by atoms with Crippen LogP contribution in [0, 0.1) is 17.3 Å². The molecule has 2 atom stereocenters. The Hall–Kier alpha value is -2.10. The summed E-state index contributed by atoms with van der Waals surface area (Å²) in [7, 11) is -7.76. The summed E-state index contributed by atoms with van der Waals surface area (Å²) in [5.41, 5.74) is -0.442. The topological polar surface area (TPSA) is 68.3 Å². The first kappa shape index (κ1) is 19.7. The molecule has 0 N–H and O–H groups in total. The minimum Gasteiger partial charge on any atom is -0.223 e. The molecule has 0 aliphatic heterocycles. The molecular weight excluding hydrogens is 380 g/mol. The second kappa shape index (κ2) is 6.50. The van der Waals surface area contributed by atoms with Crippen molar-refractivity contribution in [3.63, 3.8) is 0 Å². The highest BCUT2D eigenvalue weighted by atomic mass is 32.2. The largest absolute Gasteiger partial charge is 0.223 e. The van der Waals surface area contributed by atoms with Crippen molar-refractivity contribution in [2.24, 2.45) is 5.41 Å². The van der Waals surface area contributed by atoms with Gasteiger partial charge in [-0.3, -0.25) is 0 Å². The van der Waals surface area contributed by atoms with Crippen molar-refractivity contribution >= 4 is 19.7 Å². The summed E-state index contributed by atoms with van der Waals surface area (Å²) in [5.74, 6) is 5.82. The van der Waals surface area contributed by atoms with Crippen LogP contribution < -0.4 is 0 Å². The zero-order valence-corrected chi connectivity index (χ0v) is 17.1. The summed E-state index contributed by atoms with van der Waals surface area (Å²) in [4.78, 5) is 0.219. The number of hydrogen-bond donors (Lipinski definition) is 0. The van der Waals surface area contributed by atoms with E-state index in [1.807, 2.05) is 20.8 Å². The highest BCUT2D eigenvalue weighted by Crippen LogP contribution is 2.52. The van der Waals surface area contributed by atoms with Gasteiger partial charge < -0.3 is 0 Å². The fourth-order valence-corrected chi connectivity index (χ4v) is 7.56. The van der Waals surface area contributed by atoms with E-state index in [1.165, 1.54) is 24.3 Å². The molecule has 0 bridgehead atoms. The lowest BCUT2D eigenvalue weighted by molar-refractivity contribution is 0.568. The summed E-state index contributed by atoms with van der Waals surface area (Å²) in [6.45, 7) is 5.60. The first-order valence-corrected chi connectivity index (χ1v) is 11.7. The molecule has 6 heteroatoms. The van der Waals surface area contributed by atoms with Crippen LogP contribution in [0.1, 0.15) is 27.2 Å². The van der Waals surface area contributed by atoms with E-state index in [-0.39, 0.29) is 16.2 Å². The van der Waals surface area contributed by atoms with Crippen LogP contribution in [0.3, 0.4) is 0 Å². The minimum atomic E-state index is -3.94. The lowest BCUT2D eigenvalue weighted by Gasteiger charge is -2.15. The lowest BCUT2D eigenvalue weighted by Crippen LogP contribution is -2.30. The van der Waals surface area contributed by atoms with Gasteiger partial charge in [-0.05, 0) is 51.5 Å². The molecule has 2 aromatic carbocycles. The summed E-state index contributed by atoms with van der Waals surface area (Å²) < 4.78 is 51.3. The highest BCUT2D eigenvalue weighted by molar-refractivity contribution is 7.97. The SMILES string of the molecule is CC(C)(C)C#C[C@]1(S(=O)(=O)c2ccccc2)C[C@@H]1S(=O)(=O)c1ccccc1. The second-order valence-corrected chi connectivity index (χ2v) is 12.1. The maximum atomic E-state index is 13.4. The van der Waals surface area contributed by atoms with Crippen LogP contribution in [0.25, 0.3) is 0 Å². The second-order valence-electron chi connectivity index (χ2n) is 7.76. The van der Waals surface area contributed by atoms with Gasteiger partial charge in [-0.15, -0.1) is 0 Å². The van der Waals surface area contributed by atoms with Crippen LogP contribution >= 0.6 is 0 Å². The predicted octanol–water partition coefficient (Wildman–Crippen LogP) is 3.49. The first-order chi connectivity index (χ1) is 12.5. The molecule has 0 aromatic heterocycles. The maximum Gasteiger partial charge on any atom is 0.196 e. The lowest BCUT2D eigenvalue weighted by atomic mass is 9.98. The van der Waals surface area contributed by atoms with Gasteiger partial charge in [0.1, 0.15) is 0 Å². The Morgan fingerprint density at radius 1 is 0.852 bits per heavy atom. The van der Waals surface area contributed by atoms with E-state index in [0.717, 1.165) is 0 Å². The predicted molar refractivity (Wildman–Crippen MR) is 106 cm³/mol. The Kier molecular flexibility index (Phi) is 4.73. The van der Waals surface area contributed by atoms with Crippen molar-refractivity contribution < 1.29 is 16.8 Å². The Bertz CT molecular complexity index is 1100. The van der Waals surface area contributed by atoms with Crippen molar-refractivity contribution in [2.75, 3.05) is 0 Å². The Labute approximate surface area is 161 Å². The summed E-state index contributed by atoms with van der Waals surface area (Å²) >= 11 is 0. The van der Waals surface area contributed by atoms with E-state index >= 15 is 0 Å². The smallest absolute Gasteiger partial charge is 0.196 e. The summed E-state index contributed by atoms with van der Waals surface area (Å²) in [5, 5.41) is -1.08. The standard InChI is InChI=1S/C21H22O4S2/c1-20(2,3)14-15-21(27(24,25)18-12-8-5-9-13-18)16-19(21)26(22,23)17-10-6-4-7-11-17/h4-13,19H,16H2,1-3H3/t19-,21-/m0/s1. The molecular formula is C21H22O4S2. The molecule has 1 fully saturated rings. The number of hydrogen-bond acceptors (Lipinski definition) is 4. The molecule has 0 spiro atoms. The van der Waals surface area contributed by atoms with Gasteiger partial charge in [0.2, 0.25) is 0 Å². The van der Waals surface area contributed by atoms with Crippen LogP contribution in [0.5, 0.6) is 0 Å². The average molecular weight is 403 g/mol. The van der Waals surface area contributed by atoms with Gasteiger partial charge in [-0.1, -0.05) is 48.2 Å². The molecule has 2 aromatic rings. The minimum absolute atomic E-state index is 0.0233. The fourth-order valence-electron chi connectivity index (χ4n) is 2.94. The van der Waals surface area contributed by atoms with E-state index in [9.17, 15) is 16.8 Å². The number of benzene rings is 2. The van der Waals surface area contributed by atoms with E-state index in [0.29, 0.717) is 0 Å². The van der Waals surface area contributed by atoms with Crippen LogP contribution in [-0.2, 0) is 19.7 Å². The van der Waals surface area contributed by atoms with Crippen molar-refractivity contribution in [2.45, 2.75) is 47.0 Å². The first-order valence-electron chi connectivity index (χ1n) is 8.64. The number of rotatable bonds is 4. The van der Waals surface area contributed by atoms with Crippen molar-refractivity contribution in [3.8, 4) is 11.8 Å². The molecule has 3 rings (SSSR count). The van der Waals surface area contributed by atoms with E-state index < -0.39 is 35.1 Å². The van der Waals surface area contributed by atoms with Gasteiger partial charge in [-0.2, -0.15) is 0 Å². The van der Waals surface area contributed by atoms with Gasteiger partial charge in [0.15, 0.2) is 24.4 Å². The molecule has 1 saturated carbocycles. The van der Waals surface area contributed by atoms with E-state index in [1.54, 1.807) is 36.4 Å². The van der Waals surface area contributed by atoms with E-state index in [2.05, 4.69) is 11.8 Å². The normalized spacial score (nSPS) is 22.6. The number of sulfone groups is 2. The molecule has 0 unspecified atom stereocenters. The van der Waals surface area contributed by atoms with Gasteiger partial charge in [0.05, 0.1) is 15.0 Å². The fraction of sp³-hybridized carbons (Fsp3) is 0.333. The van der Waals surface area contributed by atoms with Crippen molar-refractivity contribution in [3.05, 3.63) is 60.7 Å².